The lowest BCUT2D eigenvalue weighted by atomic mass is 10.0. The summed E-state index contributed by atoms with van der Waals surface area (Å²) in [6.45, 7) is 27.2. The Bertz CT molecular complexity index is 7580. The molecule has 31 heteroatoms. The maximum Gasteiger partial charge on any atom is 0.346 e. The van der Waals surface area contributed by atoms with Gasteiger partial charge in [-0.25, -0.2) is 48.9 Å². The molecular weight excluding hydrogens is 1760 g/mol. The van der Waals surface area contributed by atoms with Crippen LogP contribution in [-0.4, -0.2) is 192 Å². The van der Waals surface area contributed by atoms with Crippen molar-refractivity contribution in [3.8, 4) is 54.9 Å². The van der Waals surface area contributed by atoms with Crippen molar-refractivity contribution in [3.05, 3.63) is 285 Å². The topological polar surface area (TPSA) is 288 Å². The van der Waals surface area contributed by atoms with Crippen LogP contribution in [0.4, 0.5) is 28.4 Å². The van der Waals surface area contributed by atoms with Gasteiger partial charge in [0.25, 0.3) is 0 Å². The van der Waals surface area contributed by atoms with Gasteiger partial charge in [-0.05, 0) is 240 Å². The lowest BCUT2D eigenvalue weighted by Gasteiger charge is -2.36. The molecule has 692 valence electrons. The molecule has 0 aliphatic carbocycles. The van der Waals surface area contributed by atoms with E-state index in [1.807, 2.05) is 200 Å². The van der Waals surface area contributed by atoms with Gasteiger partial charge < -0.3 is 85.5 Å². The molecule has 135 heavy (non-hydrogen) atoms. The molecule has 18 heterocycles. The second-order valence-corrected chi connectivity index (χ2v) is 37.7. The molecule has 0 unspecified atom stereocenters. The first kappa shape index (κ1) is 90.7. The number of fused-ring (bicyclic) bond motifs is 8. The van der Waals surface area contributed by atoms with Crippen LogP contribution in [0.2, 0.25) is 5.02 Å². The highest BCUT2D eigenvalue weighted by Crippen LogP contribution is 2.35. The minimum atomic E-state index is -0.398. The second kappa shape index (κ2) is 40.0. The molecular formula is C104H107ClN18O10S2. The minimum Gasteiger partial charge on any atom is -0.422 e. The Morgan fingerprint density at radius 2 is 0.844 bits per heavy atom. The van der Waals surface area contributed by atoms with Crippen LogP contribution in [0.5, 0.6) is 0 Å². The number of thiazole rings is 2. The number of hydrogen-bond acceptors (Lipinski definition) is 27. The minimum absolute atomic E-state index is 0.327. The van der Waals surface area contributed by atoms with E-state index in [1.54, 1.807) is 16.7 Å². The number of likely N-dealkylation sites (tertiary alicyclic amines) is 1. The van der Waals surface area contributed by atoms with Crippen molar-refractivity contribution in [2.24, 2.45) is 0 Å². The number of benzene rings is 5. The Morgan fingerprint density at radius 1 is 0.407 bits per heavy atom. The van der Waals surface area contributed by atoms with Crippen molar-refractivity contribution in [2.75, 3.05) is 157 Å². The summed E-state index contributed by atoms with van der Waals surface area (Å²) in [7, 11) is 6.45. The summed E-state index contributed by atoms with van der Waals surface area (Å²) in [5, 5.41) is 20.6. The van der Waals surface area contributed by atoms with E-state index in [0.717, 1.165) is 233 Å². The number of imidazole rings is 3. The number of hydrogen-bond donors (Lipinski definition) is 3. The molecule has 5 aliphatic heterocycles. The SMILES string of the molecule is CN1CCCN(c2ccc3cc(-c4cn5cccc(Cl)c5n4)c(=O)oc3c2)CC1.Cc1ccc2nc(-c3cc4ccc(N(C)C5CCN(C)CC5)cc4oc3=O)cn2c1.Cc1cccn2cc(-c3cc4ccc(N5CCCNCC5)cc4oc3=O)nc12.Cc1csc(-c2cc3ccc(N4CCCNCC4)cc3oc2=O)n1.Cc1csc(-c2cc3ccc(N4CCN[C@@H](C)C4)cc3oc2=O)n1. The molecule has 0 spiro atoms. The first-order valence-electron chi connectivity index (χ1n) is 46.1. The maximum absolute atomic E-state index is 12.8. The lowest BCUT2D eigenvalue weighted by Crippen LogP contribution is -2.49. The molecule has 0 radical (unpaired) electrons. The van der Waals surface area contributed by atoms with Gasteiger partial charge in [0.2, 0.25) is 0 Å². The zero-order chi connectivity index (χ0) is 93.1. The lowest BCUT2D eigenvalue weighted by molar-refractivity contribution is 0.253. The number of halogens is 1. The van der Waals surface area contributed by atoms with Crippen molar-refractivity contribution in [3.63, 3.8) is 0 Å². The first-order valence-corrected chi connectivity index (χ1v) is 48.2. The number of anilines is 5. The van der Waals surface area contributed by atoms with Crippen LogP contribution in [0.3, 0.4) is 0 Å². The summed E-state index contributed by atoms with van der Waals surface area (Å²) in [5.74, 6) is 0. The monoisotopic (exact) mass is 1870 g/mol. The summed E-state index contributed by atoms with van der Waals surface area (Å²) in [6.07, 6.45) is 17.0. The van der Waals surface area contributed by atoms with E-state index in [0.29, 0.717) is 106 Å². The molecule has 1 atom stereocenters. The Hall–Kier alpha value is -13.4. The number of piperidine rings is 1. The van der Waals surface area contributed by atoms with E-state index in [1.165, 1.54) is 22.7 Å². The standard InChI is InChI=1S/C24H26N4O2.C22H21ClN4O2.C22H22N4O2.2C18H19N3O2S/c1-16-4-7-23-25-21(15-28(23)14-16)20-12-17-5-6-19(13-22(17)30-24(20)29)27(3)18-8-10-26(2)11-9-18;1-25-7-3-9-26(11-10-25)16-6-5-15-12-17(22(28)29-20(15)13-16)19-14-27-8-2-4-18(23)21(27)24-19;1-15-4-2-9-26-14-19(24-21(15)26)18-12-16-5-6-17(13-20(16)28-22(18)27)25-10-3-7-23-8-11-25;1-11-9-21(6-5-19-11)14-4-3-13-7-15(17-20-12(2)10-24-17)18(22)23-16(13)8-14;1-12-11-24-17(20-12)15-9-13-3-4-14(10-16(13)23-18(15)22)21-7-2-5-19-6-8-21/h4-7,12-15,18H,8-11H2,1-3H3;2,4-6,8,12-14H,3,7,9-11H2,1H3;2,4-6,9,12-14,23H,3,7-8,10-11H2,1H3;3-4,7-8,10-11,19H,5-6,9H2,1-2H3;3-4,9-11,19H,2,5-8H2,1H3/t;;;11-;/m...0./s1. The van der Waals surface area contributed by atoms with Gasteiger partial charge in [-0.3, -0.25) is 0 Å². The van der Waals surface area contributed by atoms with Crippen molar-refractivity contribution in [2.45, 2.75) is 78.8 Å². The van der Waals surface area contributed by atoms with Crippen LogP contribution >= 0.6 is 34.3 Å². The fraction of sp³-hybridized carbons (Fsp3) is 0.308. The molecule has 5 aromatic carbocycles. The quantitative estimate of drug-likeness (QED) is 0.101. The maximum atomic E-state index is 12.8. The van der Waals surface area contributed by atoms with E-state index in [2.05, 4.69) is 134 Å². The van der Waals surface area contributed by atoms with Gasteiger partial charge in [0.05, 0.1) is 49.9 Å². The summed E-state index contributed by atoms with van der Waals surface area (Å²) in [5.41, 5.74) is 17.4. The number of nitrogens with one attached hydrogen (secondary N) is 3. The first-order chi connectivity index (χ1) is 65.5. The van der Waals surface area contributed by atoms with Gasteiger partial charge in [-0.2, -0.15) is 0 Å². The third-order valence-electron chi connectivity index (χ3n) is 25.7. The Morgan fingerprint density at radius 3 is 1.35 bits per heavy atom. The number of aromatic nitrogens is 8. The van der Waals surface area contributed by atoms with Gasteiger partial charge in [0.1, 0.15) is 49.2 Å². The van der Waals surface area contributed by atoms with Crippen molar-refractivity contribution < 1.29 is 22.1 Å². The van der Waals surface area contributed by atoms with Gasteiger partial charge >= 0.3 is 28.1 Å². The Balaban J connectivity index is 0.000000109. The van der Waals surface area contributed by atoms with Gasteiger partial charge in [-0.15, -0.1) is 22.7 Å². The number of nitrogens with zero attached hydrogens (tertiary/aromatic N) is 15. The number of likely N-dealkylation sites (N-methyl/N-ethyl adjacent to an activating group) is 1. The van der Waals surface area contributed by atoms with E-state index in [9.17, 15) is 24.0 Å². The molecule has 0 amide bonds. The largest absolute Gasteiger partial charge is 0.422 e. The van der Waals surface area contributed by atoms with Crippen molar-refractivity contribution in [1.82, 2.24) is 63.9 Å². The highest BCUT2D eigenvalue weighted by Gasteiger charge is 2.26. The summed E-state index contributed by atoms with van der Waals surface area (Å²) in [4.78, 5) is 102. The van der Waals surface area contributed by atoms with Gasteiger partial charge in [0.15, 0.2) is 5.65 Å². The van der Waals surface area contributed by atoms with Crippen LogP contribution < -0.4 is 68.6 Å². The Kier molecular flexibility index (Phi) is 26.9. The van der Waals surface area contributed by atoms with E-state index in [4.69, 9.17) is 33.7 Å². The smallest absolute Gasteiger partial charge is 0.346 e. The van der Waals surface area contributed by atoms with Gasteiger partial charge in [-0.1, -0.05) is 23.7 Å². The summed E-state index contributed by atoms with van der Waals surface area (Å²) < 4.78 is 33.9. The molecule has 5 fully saturated rings. The van der Waals surface area contributed by atoms with Gasteiger partial charge in [0, 0.05) is 243 Å². The molecule has 23 rings (SSSR count). The normalized spacial score (nSPS) is 16.1. The fourth-order valence-electron chi connectivity index (χ4n) is 18.2. The average Bonchev–Trinajstić information content (AvgIpc) is 1.74. The number of pyridine rings is 3. The second-order valence-electron chi connectivity index (χ2n) is 35.6. The van der Waals surface area contributed by atoms with Crippen molar-refractivity contribution in [1.29, 1.82) is 0 Å². The van der Waals surface area contributed by atoms with Crippen LogP contribution in [0.1, 0.15) is 61.5 Å². The molecule has 3 N–H and O–H groups in total. The number of rotatable bonds is 11. The van der Waals surface area contributed by atoms with Crippen LogP contribution in [0.15, 0.2) is 252 Å². The highest BCUT2D eigenvalue weighted by atomic mass is 35.5. The van der Waals surface area contributed by atoms with E-state index in [-0.39, 0.29) is 22.5 Å². The van der Waals surface area contributed by atoms with Crippen molar-refractivity contribution >= 4 is 134 Å². The third-order valence-corrected chi connectivity index (χ3v) is 28.0. The van der Waals surface area contributed by atoms with Crippen LogP contribution in [0.25, 0.3) is 127 Å². The zero-order valence-corrected chi connectivity index (χ0v) is 79.2. The summed E-state index contributed by atoms with van der Waals surface area (Å²) in [6, 6.07) is 52.3. The predicted molar refractivity (Wildman–Crippen MR) is 543 cm³/mol. The predicted octanol–water partition coefficient (Wildman–Crippen LogP) is 17.1. The molecule has 18 aromatic rings. The Labute approximate surface area is 791 Å². The highest BCUT2D eigenvalue weighted by molar-refractivity contribution is 7.13. The molecule has 0 bridgehead atoms. The number of piperazine rings is 1. The molecule has 0 saturated carbocycles. The molecule has 13 aromatic heterocycles. The molecule has 5 aliphatic rings. The van der Waals surface area contributed by atoms with Crippen LogP contribution in [0, 0.1) is 27.7 Å². The molecule has 5 saturated heterocycles. The summed E-state index contributed by atoms with van der Waals surface area (Å²) >= 11 is 9.14. The average molecular weight is 1870 g/mol. The fourth-order valence-corrected chi connectivity index (χ4v) is 20.0. The molecule has 28 nitrogen and oxygen atoms in total. The van der Waals surface area contributed by atoms with E-state index >= 15 is 0 Å². The number of aryl methyl sites for hydroxylation is 4. The third kappa shape index (κ3) is 20.5. The van der Waals surface area contributed by atoms with E-state index < -0.39 is 5.63 Å². The zero-order valence-electron chi connectivity index (χ0n) is 76.8. The van der Waals surface area contributed by atoms with Crippen LogP contribution in [-0.2, 0) is 0 Å².